The van der Waals surface area contributed by atoms with Gasteiger partial charge < -0.3 is 10.6 Å². The molecule has 0 aliphatic heterocycles. The summed E-state index contributed by atoms with van der Waals surface area (Å²) in [4.78, 5) is 31.1. The maximum atomic E-state index is 12.7. The highest BCUT2D eigenvalue weighted by molar-refractivity contribution is 14.1. The number of nitrogens with zero attached hydrogens (tertiary/aromatic N) is 2. The molecule has 0 unspecified atom stereocenters. The van der Waals surface area contributed by atoms with E-state index in [-0.39, 0.29) is 11.8 Å². The van der Waals surface area contributed by atoms with E-state index in [0.717, 1.165) is 0 Å². The van der Waals surface area contributed by atoms with E-state index in [1.165, 1.54) is 12.4 Å². The molecule has 2 rings (SSSR count). The van der Waals surface area contributed by atoms with Crippen molar-refractivity contribution in [2.45, 2.75) is 31.5 Å². The van der Waals surface area contributed by atoms with Crippen LogP contribution in [0.1, 0.15) is 20.7 Å². The number of rotatable bonds is 10. The molecule has 2 N–H and O–H groups in total. The molecule has 0 saturated heterocycles. The van der Waals surface area contributed by atoms with Crippen molar-refractivity contribution in [3.8, 4) is 0 Å². The minimum Gasteiger partial charge on any atom is -0.350 e. The van der Waals surface area contributed by atoms with E-state index in [2.05, 4.69) is 20.6 Å². The molecule has 2 heterocycles. The third-order valence-corrected chi connectivity index (χ3v) is 5.79. The first kappa shape index (κ1) is 35.9. The summed E-state index contributed by atoms with van der Waals surface area (Å²) < 4.78 is 138. The predicted molar refractivity (Wildman–Crippen MR) is 131 cm³/mol. The van der Waals surface area contributed by atoms with Gasteiger partial charge in [-0.1, -0.05) is 0 Å². The van der Waals surface area contributed by atoms with Crippen LogP contribution in [0.2, 0.25) is 0 Å². The molecule has 40 heavy (non-hydrogen) atoms. The molecule has 2 aromatic rings. The largest absolute Gasteiger partial charge is 0.387 e. The smallest absolute Gasteiger partial charge is 0.350 e. The van der Waals surface area contributed by atoms with E-state index in [1.54, 1.807) is 36.7 Å². The van der Waals surface area contributed by atoms with Gasteiger partial charge in [-0.3, -0.25) is 19.6 Å². The van der Waals surface area contributed by atoms with Crippen LogP contribution in [0.15, 0.2) is 49.1 Å². The van der Waals surface area contributed by atoms with Crippen LogP contribution >= 0.6 is 45.2 Å². The molecule has 0 fully saturated rings. The molecule has 6 nitrogen and oxygen atoms in total. The lowest BCUT2D eigenvalue weighted by molar-refractivity contribution is -0.401. The van der Waals surface area contributed by atoms with Gasteiger partial charge in [0.15, 0.2) is 0 Å². The summed E-state index contributed by atoms with van der Waals surface area (Å²) in [6.45, 7) is 0.694. The van der Waals surface area contributed by atoms with Gasteiger partial charge in [0, 0.05) is 83.1 Å². The average Bonchev–Trinajstić information content (AvgIpc) is 2.86. The van der Waals surface area contributed by atoms with Crippen LogP contribution in [0.3, 0.4) is 0 Å². The predicted octanol–water partition coefficient (Wildman–Crippen LogP) is 6.22. The third kappa shape index (κ3) is 7.99. The first-order chi connectivity index (χ1) is 18.0. The van der Waals surface area contributed by atoms with Crippen molar-refractivity contribution in [2.24, 2.45) is 0 Å². The molecule has 0 saturated carbocycles. The quantitative estimate of drug-likeness (QED) is 0.129. The Labute approximate surface area is 244 Å². The van der Waals surface area contributed by atoms with Crippen molar-refractivity contribution in [3.05, 3.63) is 60.2 Å². The number of carbonyl (C=O) groups excluding carboxylic acids is 2. The zero-order valence-corrected chi connectivity index (χ0v) is 23.4. The molecular formula is C20H14F12I2N4O2. The van der Waals surface area contributed by atoms with E-state index in [9.17, 15) is 62.3 Å². The lowest BCUT2D eigenvalue weighted by atomic mass is 9.99. The lowest BCUT2D eigenvalue weighted by Gasteiger charge is -2.39. The molecule has 2 amide bonds. The number of hydrogen-bond acceptors (Lipinski definition) is 4. The topological polar surface area (TPSA) is 84.0 Å². The molecule has 0 bridgehead atoms. The molecule has 20 heteroatoms. The standard InChI is InChI=1S/C14H14N4O2.C6F12I2/c19-13(11-3-1-5-15-9-11)17-7-8-18-14(20)12-4-2-6-16-10-12;7-1(8,3(11,12)5(15,16)19)2(9,10)4(13,14)6(17,18)20/h1-6,9-10H,7-8H2,(H,17,19)(H,18,20);. The third-order valence-electron chi connectivity index (χ3n) is 4.44. The highest BCUT2D eigenvalue weighted by Gasteiger charge is 2.89. The van der Waals surface area contributed by atoms with Crippen LogP contribution in [0.25, 0.3) is 0 Å². The number of hydrogen-bond donors (Lipinski definition) is 2. The number of pyridine rings is 2. The Morgan fingerprint density at radius 2 is 0.900 bits per heavy atom. The Morgan fingerprint density at radius 1 is 0.600 bits per heavy atom. The molecule has 0 aromatic carbocycles. The van der Waals surface area contributed by atoms with Gasteiger partial charge in [0.25, 0.3) is 11.8 Å². The zero-order valence-electron chi connectivity index (χ0n) is 19.0. The molecule has 0 aliphatic carbocycles. The fourth-order valence-corrected chi connectivity index (χ4v) is 2.98. The van der Waals surface area contributed by atoms with Gasteiger partial charge in [-0.05, 0) is 24.3 Å². The fraction of sp³-hybridized carbons (Fsp3) is 0.400. The van der Waals surface area contributed by atoms with Gasteiger partial charge in [-0.15, -0.1) is 0 Å². The van der Waals surface area contributed by atoms with Gasteiger partial charge in [0.1, 0.15) is 0 Å². The van der Waals surface area contributed by atoms with Crippen molar-refractivity contribution in [3.63, 3.8) is 0 Å². The summed E-state index contributed by atoms with van der Waals surface area (Å²) in [5.74, 6) is -29.3. The van der Waals surface area contributed by atoms with Crippen molar-refractivity contribution in [2.75, 3.05) is 13.1 Å². The number of amides is 2. The van der Waals surface area contributed by atoms with Crippen LogP contribution < -0.4 is 10.6 Å². The highest BCUT2D eigenvalue weighted by atomic mass is 127. The van der Waals surface area contributed by atoms with Crippen molar-refractivity contribution in [1.82, 2.24) is 20.6 Å². The molecule has 2 aromatic heterocycles. The summed E-state index contributed by atoms with van der Waals surface area (Å²) >= 11 is -1.39. The minimum absolute atomic E-state index is 0.214. The van der Waals surface area contributed by atoms with E-state index in [1.807, 2.05) is 0 Å². The van der Waals surface area contributed by atoms with Gasteiger partial charge in [0.2, 0.25) is 0 Å². The second kappa shape index (κ2) is 13.2. The van der Waals surface area contributed by atoms with Gasteiger partial charge >= 0.3 is 31.5 Å². The number of halogens is 14. The monoisotopic (exact) mass is 824 g/mol. The maximum Gasteiger partial charge on any atom is 0.387 e. The van der Waals surface area contributed by atoms with Crippen LogP contribution in [0.5, 0.6) is 0 Å². The summed E-state index contributed by atoms with van der Waals surface area (Å²) in [7, 11) is 0. The lowest BCUT2D eigenvalue weighted by Crippen LogP contribution is -2.68. The second-order valence-corrected chi connectivity index (χ2v) is 10.00. The number of aromatic nitrogens is 2. The molecule has 0 aliphatic rings. The summed E-state index contributed by atoms with van der Waals surface area (Å²) in [5.41, 5.74) is 0.983. The van der Waals surface area contributed by atoms with Crippen LogP contribution in [0.4, 0.5) is 52.7 Å². The Morgan fingerprint density at radius 3 is 1.12 bits per heavy atom. The SMILES string of the molecule is FC(F)(I)C(F)(F)C(F)(F)C(F)(F)C(F)(F)C(F)(F)I.O=C(NCCNC(=O)c1cccnc1)c1cccnc1. The Kier molecular flexibility index (Phi) is 11.9. The summed E-state index contributed by atoms with van der Waals surface area (Å²) in [6.07, 6.45) is 6.18. The summed E-state index contributed by atoms with van der Waals surface area (Å²) in [5, 5.41) is 5.39. The van der Waals surface area contributed by atoms with Crippen molar-refractivity contribution < 1.29 is 62.3 Å². The van der Waals surface area contributed by atoms with E-state index < -0.39 is 76.7 Å². The van der Waals surface area contributed by atoms with Crippen LogP contribution in [-0.4, -0.2) is 66.4 Å². The van der Waals surface area contributed by atoms with E-state index >= 15 is 0 Å². The van der Waals surface area contributed by atoms with Crippen LogP contribution in [0, 0.1) is 0 Å². The van der Waals surface area contributed by atoms with Crippen molar-refractivity contribution >= 4 is 57.0 Å². The van der Waals surface area contributed by atoms with Crippen molar-refractivity contribution in [1.29, 1.82) is 0 Å². The van der Waals surface area contributed by atoms with E-state index in [4.69, 9.17) is 0 Å². The number of alkyl halides is 14. The van der Waals surface area contributed by atoms with Gasteiger partial charge in [-0.25, -0.2) is 0 Å². The normalized spacial score (nSPS) is 13.2. The Bertz CT molecular complexity index is 1040. The first-order valence-electron chi connectivity index (χ1n) is 10.0. The molecule has 0 spiro atoms. The highest BCUT2D eigenvalue weighted by Crippen LogP contribution is 2.62. The van der Waals surface area contributed by atoms with Gasteiger partial charge in [0.05, 0.1) is 11.1 Å². The molecular weight excluding hydrogens is 810 g/mol. The fourth-order valence-electron chi connectivity index (χ4n) is 2.30. The number of nitrogens with one attached hydrogen (secondary N) is 2. The molecule has 0 atom stereocenters. The van der Waals surface area contributed by atoms with Crippen LogP contribution in [-0.2, 0) is 0 Å². The van der Waals surface area contributed by atoms with E-state index in [0.29, 0.717) is 24.2 Å². The zero-order chi connectivity index (χ0) is 31.2. The first-order valence-corrected chi connectivity index (χ1v) is 12.2. The molecule has 224 valence electrons. The maximum absolute atomic E-state index is 12.7. The minimum atomic E-state index is -7.44. The average molecular weight is 824 g/mol. The Balaban J connectivity index is 0.000000400. The Hall–Kier alpha value is -2.14. The molecule has 0 radical (unpaired) electrons. The number of carbonyl (C=O) groups is 2. The second-order valence-electron chi connectivity index (χ2n) is 7.29. The van der Waals surface area contributed by atoms with Gasteiger partial charge in [-0.2, -0.15) is 52.7 Å². The summed E-state index contributed by atoms with van der Waals surface area (Å²) in [6, 6.07) is 6.74.